The Balaban J connectivity index is 2.62. The first-order chi connectivity index (χ1) is 7.22. The van der Waals surface area contributed by atoms with Gasteiger partial charge in [0.25, 0.3) is 0 Å². The number of nitrogens with one attached hydrogen (secondary N) is 1. The monoisotopic (exact) mass is 206 g/mol. The van der Waals surface area contributed by atoms with E-state index in [9.17, 15) is 4.79 Å². The molecule has 0 aliphatic heterocycles. The fourth-order valence-electron chi connectivity index (χ4n) is 1.28. The number of methoxy groups -OCH3 is 1. The van der Waals surface area contributed by atoms with Crippen molar-refractivity contribution < 1.29 is 4.74 Å². The lowest BCUT2D eigenvalue weighted by atomic mass is 10.2. The third kappa shape index (κ3) is 1.56. The van der Waals surface area contributed by atoms with Gasteiger partial charge in [0.2, 0.25) is 0 Å². The van der Waals surface area contributed by atoms with Gasteiger partial charge in [-0.3, -0.25) is 0 Å². The second-order valence-corrected chi connectivity index (χ2v) is 2.96. The third-order valence-electron chi connectivity index (χ3n) is 2.05. The zero-order valence-corrected chi connectivity index (χ0v) is 8.10. The molecule has 0 atom stereocenters. The van der Waals surface area contributed by atoms with E-state index in [2.05, 4.69) is 10.2 Å². The first kappa shape index (κ1) is 9.32. The van der Waals surface area contributed by atoms with E-state index in [0.29, 0.717) is 17.1 Å². The van der Waals surface area contributed by atoms with Crippen molar-refractivity contribution in [1.29, 1.82) is 0 Å². The average Bonchev–Trinajstić information content (AvgIpc) is 2.65. The molecule has 0 amide bonds. The second kappa shape index (κ2) is 3.49. The van der Waals surface area contributed by atoms with E-state index in [-0.39, 0.29) is 5.69 Å². The topological polar surface area (TPSA) is 85.9 Å². The van der Waals surface area contributed by atoms with E-state index in [4.69, 9.17) is 10.5 Å². The predicted octanol–water partition coefficient (Wildman–Crippen LogP) is 0.151. The van der Waals surface area contributed by atoms with Gasteiger partial charge >= 0.3 is 5.69 Å². The molecular weight excluding hydrogens is 196 g/mol. The Hall–Kier alpha value is -2.24. The van der Waals surface area contributed by atoms with Crippen LogP contribution >= 0.6 is 0 Å². The van der Waals surface area contributed by atoms with E-state index in [1.807, 2.05) is 0 Å². The molecule has 0 aliphatic rings. The lowest BCUT2D eigenvalue weighted by Crippen LogP contribution is -2.15. The summed E-state index contributed by atoms with van der Waals surface area (Å²) in [7, 11) is 1.55. The lowest BCUT2D eigenvalue weighted by molar-refractivity contribution is 0.414. The van der Waals surface area contributed by atoms with Crippen LogP contribution in [0, 0.1) is 0 Å². The van der Waals surface area contributed by atoms with Crippen molar-refractivity contribution >= 4 is 5.69 Å². The number of aromatic amines is 1. The number of nitrogens with two attached hydrogens (primary N) is 1. The summed E-state index contributed by atoms with van der Waals surface area (Å²) in [6.45, 7) is 0. The maximum atomic E-state index is 11.3. The number of ether oxygens (including phenoxy) is 1. The summed E-state index contributed by atoms with van der Waals surface area (Å²) in [4.78, 5) is 11.3. The Morgan fingerprint density at radius 3 is 2.93 bits per heavy atom. The summed E-state index contributed by atoms with van der Waals surface area (Å²) in [5.41, 5.74) is 6.44. The van der Waals surface area contributed by atoms with E-state index in [1.54, 1.807) is 25.3 Å². The van der Waals surface area contributed by atoms with Gasteiger partial charge in [-0.2, -0.15) is 5.10 Å². The van der Waals surface area contributed by atoms with Gasteiger partial charge in [-0.05, 0) is 12.1 Å². The average molecular weight is 206 g/mol. The molecule has 6 nitrogen and oxygen atoms in total. The number of hydrogen-bond donors (Lipinski definition) is 2. The minimum absolute atomic E-state index is 0.338. The van der Waals surface area contributed by atoms with Crippen molar-refractivity contribution in [1.82, 2.24) is 14.8 Å². The largest absolute Gasteiger partial charge is 0.497 e. The molecule has 15 heavy (non-hydrogen) atoms. The molecule has 1 aromatic heterocycles. The normalized spacial score (nSPS) is 10.2. The van der Waals surface area contributed by atoms with Gasteiger partial charge in [0, 0.05) is 6.07 Å². The highest BCUT2D eigenvalue weighted by molar-refractivity contribution is 5.60. The molecule has 0 radical (unpaired) electrons. The minimum atomic E-state index is -0.338. The smallest absolute Gasteiger partial charge is 0.347 e. The summed E-state index contributed by atoms with van der Waals surface area (Å²) in [6.07, 6.45) is 1.37. The first-order valence-corrected chi connectivity index (χ1v) is 4.28. The van der Waals surface area contributed by atoms with Gasteiger partial charge in [0.15, 0.2) is 0 Å². The van der Waals surface area contributed by atoms with E-state index in [0.717, 1.165) is 0 Å². The molecule has 78 valence electrons. The van der Waals surface area contributed by atoms with Crippen LogP contribution in [0.25, 0.3) is 5.69 Å². The predicted molar refractivity (Wildman–Crippen MR) is 55.1 cm³/mol. The first-order valence-electron chi connectivity index (χ1n) is 4.28. The van der Waals surface area contributed by atoms with Crippen LogP contribution in [0.2, 0.25) is 0 Å². The number of nitrogens with zero attached hydrogens (tertiary/aromatic N) is 2. The Morgan fingerprint density at radius 2 is 2.33 bits per heavy atom. The van der Waals surface area contributed by atoms with Crippen molar-refractivity contribution in [2.24, 2.45) is 0 Å². The van der Waals surface area contributed by atoms with Gasteiger partial charge in [0.1, 0.15) is 12.1 Å². The lowest BCUT2D eigenvalue weighted by Gasteiger charge is -2.06. The van der Waals surface area contributed by atoms with Crippen molar-refractivity contribution in [3.8, 4) is 11.4 Å². The molecule has 0 saturated heterocycles. The van der Waals surface area contributed by atoms with Crippen molar-refractivity contribution in [2.75, 3.05) is 12.8 Å². The highest BCUT2D eigenvalue weighted by Gasteiger charge is 2.06. The zero-order valence-electron chi connectivity index (χ0n) is 8.10. The van der Waals surface area contributed by atoms with Crippen LogP contribution < -0.4 is 16.2 Å². The van der Waals surface area contributed by atoms with Gasteiger partial charge in [-0.1, -0.05) is 0 Å². The highest BCUT2D eigenvalue weighted by Crippen LogP contribution is 2.21. The number of rotatable bonds is 2. The summed E-state index contributed by atoms with van der Waals surface area (Å²) < 4.78 is 6.36. The van der Waals surface area contributed by atoms with Crippen LogP contribution in [0.15, 0.2) is 29.3 Å². The zero-order chi connectivity index (χ0) is 10.8. The van der Waals surface area contributed by atoms with E-state index >= 15 is 0 Å². The molecule has 1 heterocycles. The number of hydrogen-bond acceptors (Lipinski definition) is 4. The second-order valence-electron chi connectivity index (χ2n) is 2.96. The van der Waals surface area contributed by atoms with E-state index in [1.165, 1.54) is 10.9 Å². The highest BCUT2D eigenvalue weighted by atomic mass is 16.5. The molecule has 2 rings (SSSR count). The molecule has 0 bridgehead atoms. The third-order valence-corrected chi connectivity index (χ3v) is 2.05. The van der Waals surface area contributed by atoms with Gasteiger partial charge < -0.3 is 10.5 Å². The van der Waals surface area contributed by atoms with Crippen LogP contribution in [-0.2, 0) is 0 Å². The van der Waals surface area contributed by atoms with Crippen molar-refractivity contribution in [3.05, 3.63) is 35.0 Å². The Bertz CT molecular complexity index is 529. The van der Waals surface area contributed by atoms with Crippen LogP contribution in [0.1, 0.15) is 0 Å². The van der Waals surface area contributed by atoms with Gasteiger partial charge in [0.05, 0.1) is 18.5 Å². The SMILES string of the molecule is COc1ccc(N)c(-n2cn[nH]c2=O)c1. The van der Waals surface area contributed by atoms with Crippen LogP contribution in [0.5, 0.6) is 5.75 Å². The van der Waals surface area contributed by atoms with E-state index < -0.39 is 0 Å². The summed E-state index contributed by atoms with van der Waals surface area (Å²) in [6, 6.07) is 5.07. The molecule has 3 N–H and O–H groups in total. The standard InChI is InChI=1S/C9H10N4O2/c1-15-6-2-3-7(10)8(4-6)13-5-11-12-9(13)14/h2-5H,10H2,1H3,(H,12,14). The van der Waals surface area contributed by atoms with Crippen LogP contribution in [0.3, 0.4) is 0 Å². The molecule has 0 aliphatic carbocycles. The maximum absolute atomic E-state index is 11.3. The van der Waals surface area contributed by atoms with Crippen molar-refractivity contribution in [3.63, 3.8) is 0 Å². The molecule has 0 fully saturated rings. The summed E-state index contributed by atoms with van der Waals surface area (Å²) in [5.74, 6) is 0.632. The minimum Gasteiger partial charge on any atom is -0.497 e. The summed E-state index contributed by atoms with van der Waals surface area (Å²) >= 11 is 0. The quantitative estimate of drug-likeness (QED) is 0.685. The Kier molecular flexibility index (Phi) is 2.17. The fourth-order valence-corrected chi connectivity index (χ4v) is 1.28. The fraction of sp³-hybridized carbons (Fsp3) is 0.111. The number of nitrogen functional groups attached to an aromatic ring is 1. The van der Waals surface area contributed by atoms with Gasteiger partial charge in [-0.15, -0.1) is 0 Å². The van der Waals surface area contributed by atoms with Crippen molar-refractivity contribution in [2.45, 2.75) is 0 Å². The molecule has 6 heteroatoms. The molecular formula is C9H10N4O2. The summed E-state index contributed by atoms with van der Waals surface area (Å²) in [5, 5.41) is 5.92. The maximum Gasteiger partial charge on any atom is 0.347 e. The molecule has 0 spiro atoms. The van der Waals surface area contributed by atoms with Crippen LogP contribution in [-0.4, -0.2) is 21.9 Å². The molecule has 1 aromatic carbocycles. The Labute approximate surface area is 85.3 Å². The number of benzene rings is 1. The van der Waals surface area contributed by atoms with Crippen LogP contribution in [0.4, 0.5) is 5.69 Å². The number of aromatic nitrogens is 3. The number of H-pyrrole nitrogens is 1. The Morgan fingerprint density at radius 1 is 1.53 bits per heavy atom. The molecule has 0 unspecified atom stereocenters. The van der Waals surface area contributed by atoms with Gasteiger partial charge in [-0.25, -0.2) is 14.5 Å². The molecule has 2 aromatic rings. The number of anilines is 1. The molecule has 0 saturated carbocycles.